The highest BCUT2D eigenvalue weighted by molar-refractivity contribution is 9.11. The highest BCUT2D eigenvalue weighted by Gasteiger charge is 2.18. The van der Waals surface area contributed by atoms with Gasteiger partial charge >= 0.3 is 0 Å². The molecule has 2 heterocycles. The number of thiophene rings is 1. The SMILES string of the molecule is CCCNC(c1ccc(C)o1)c1ccc(Br)s1. The molecule has 0 aliphatic rings. The fraction of sp³-hybridized carbons (Fsp3) is 0.385. The molecule has 0 radical (unpaired) electrons. The predicted molar refractivity (Wildman–Crippen MR) is 75.6 cm³/mol. The molecule has 1 unspecified atom stereocenters. The van der Waals surface area contributed by atoms with E-state index in [0.29, 0.717) is 0 Å². The van der Waals surface area contributed by atoms with Gasteiger partial charge < -0.3 is 9.73 Å². The van der Waals surface area contributed by atoms with Crippen molar-refractivity contribution >= 4 is 27.3 Å². The molecule has 0 aromatic carbocycles. The second-order valence-corrected chi connectivity index (χ2v) is 6.47. The lowest BCUT2D eigenvalue weighted by Crippen LogP contribution is -2.21. The highest BCUT2D eigenvalue weighted by atomic mass is 79.9. The normalized spacial score (nSPS) is 12.9. The number of nitrogens with one attached hydrogen (secondary N) is 1. The standard InChI is InChI=1S/C13H16BrNOS/c1-3-8-15-13(10-5-4-9(2)16-10)11-6-7-12(14)17-11/h4-7,13,15H,3,8H2,1-2H3. The maximum atomic E-state index is 5.74. The fourth-order valence-electron chi connectivity index (χ4n) is 1.72. The molecule has 1 N–H and O–H groups in total. The van der Waals surface area contributed by atoms with Gasteiger partial charge in [-0.3, -0.25) is 0 Å². The zero-order valence-electron chi connectivity index (χ0n) is 10.00. The molecule has 2 aromatic heterocycles. The number of halogens is 1. The van der Waals surface area contributed by atoms with Gasteiger partial charge in [-0.15, -0.1) is 11.3 Å². The van der Waals surface area contributed by atoms with Gasteiger partial charge in [0.1, 0.15) is 17.6 Å². The van der Waals surface area contributed by atoms with Gasteiger partial charge in [-0.2, -0.15) is 0 Å². The van der Waals surface area contributed by atoms with Crippen LogP contribution in [0.4, 0.5) is 0 Å². The average Bonchev–Trinajstić information content (AvgIpc) is 2.89. The van der Waals surface area contributed by atoms with Crippen LogP contribution in [0.25, 0.3) is 0 Å². The molecule has 0 aliphatic carbocycles. The maximum Gasteiger partial charge on any atom is 0.126 e. The lowest BCUT2D eigenvalue weighted by Gasteiger charge is -2.14. The Hall–Kier alpha value is -0.580. The zero-order valence-corrected chi connectivity index (χ0v) is 12.4. The van der Waals surface area contributed by atoms with E-state index in [2.05, 4.69) is 46.4 Å². The first-order chi connectivity index (χ1) is 8.20. The van der Waals surface area contributed by atoms with Crippen LogP contribution in [0, 0.1) is 6.92 Å². The van der Waals surface area contributed by atoms with Crippen LogP contribution >= 0.6 is 27.3 Å². The van der Waals surface area contributed by atoms with Crippen molar-refractivity contribution in [3.63, 3.8) is 0 Å². The average molecular weight is 314 g/mol. The highest BCUT2D eigenvalue weighted by Crippen LogP contribution is 2.32. The van der Waals surface area contributed by atoms with Gasteiger partial charge in [-0.1, -0.05) is 6.92 Å². The van der Waals surface area contributed by atoms with E-state index >= 15 is 0 Å². The van der Waals surface area contributed by atoms with Crippen LogP contribution in [-0.2, 0) is 0 Å². The van der Waals surface area contributed by atoms with E-state index in [1.807, 2.05) is 13.0 Å². The van der Waals surface area contributed by atoms with E-state index in [-0.39, 0.29) is 6.04 Å². The molecule has 0 aliphatic heterocycles. The van der Waals surface area contributed by atoms with Crippen LogP contribution in [0.1, 0.15) is 35.8 Å². The lowest BCUT2D eigenvalue weighted by atomic mass is 10.2. The van der Waals surface area contributed by atoms with E-state index in [1.54, 1.807) is 11.3 Å². The first kappa shape index (κ1) is 12.9. The Morgan fingerprint density at radius 3 is 2.71 bits per heavy atom. The number of furan rings is 1. The van der Waals surface area contributed by atoms with Crippen molar-refractivity contribution in [1.82, 2.24) is 5.32 Å². The summed E-state index contributed by atoms with van der Waals surface area (Å²) in [6.45, 7) is 5.13. The summed E-state index contributed by atoms with van der Waals surface area (Å²) in [6, 6.07) is 8.45. The molecule has 0 saturated heterocycles. The maximum absolute atomic E-state index is 5.74. The molecule has 4 heteroatoms. The molecule has 2 nitrogen and oxygen atoms in total. The molecule has 2 rings (SSSR count). The zero-order chi connectivity index (χ0) is 12.3. The molecule has 0 fully saturated rings. The summed E-state index contributed by atoms with van der Waals surface area (Å²) in [7, 11) is 0. The van der Waals surface area contributed by atoms with Gasteiger partial charge in [-0.25, -0.2) is 0 Å². The van der Waals surface area contributed by atoms with Crippen LogP contribution < -0.4 is 5.32 Å². The van der Waals surface area contributed by atoms with Crippen molar-refractivity contribution in [2.75, 3.05) is 6.54 Å². The van der Waals surface area contributed by atoms with E-state index in [4.69, 9.17) is 4.42 Å². The molecule has 0 bridgehead atoms. The van der Waals surface area contributed by atoms with Crippen molar-refractivity contribution in [3.05, 3.63) is 44.4 Å². The van der Waals surface area contributed by atoms with E-state index < -0.39 is 0 Å². The summed E-state index contributed by atoms with van der Waals surface area (Å²) >= 11 is 5.25. The Morgan fingerprint density at radius 1 is 1.35 bits per heavy atom. The Labute approximate surface area is 114 Å². The largest absolute Gasteiger partial charge is 0.464 e. The van der Waals surface area contributed by atoms with Gasteiger partial charge in [0, 0.05) is 4.88 Å². The second-order valence-electron chi connectivity index (χ2n) is 3.98. The third-order valence-electron chi connectivity index (χ3n) is 2.52. The Kier molecular flexibility index (Phi) is 4.42. The summed E-state index contributed by atoms with van der Waals surface area (Å²) in [5, 5.41) is 3.52. The molecule has 0 saturated carbocycles. The minimum absolute atomic E-state index is 0.167. The third-order valence-corrected chi connectivity index (χ3v) is 4.21. The lowest BCUT2D eigenvalue weighted by molar-refractivity contribution is 0.433. The number of hydrogen-bond acceptors (Lipinski definition) is 3. The second kappa shape index (κ2) is 5.85. The Morgan fingerprint density at radius 2 is 2.18 bits per heavy atom. The van der Waals surface area contributed by atoms with Crippen molar-refractivity contribution in [2.45, 2.75) is 26.3 Å². The van der Waals surface area contributed by atoms with Gasteiger partial charge in [0.2, 0.25) is 0 Å². The van der Waals surface area contributed by atoms with Gasteiger partial charge in [-0.05, 0) is 60.1 Å². The molecule has 92 valence electrons. The van der Waals surface area contributed by atoms with Crippen molar-refractivity contribution in [2.24, 2.45) is 0 Å². The monoisotopic (exact) mass is 313 g/mol. The molecule has 1 atom stereocenters. The molecule has 2 aromatic rings. The number of hydrogen-bond donors (Lipinski definition) is 1. The topological polar surface area (TPSA) is 25.2 Å². The minimum Gasteiger partial charge on any atom is -0.464 e. The van der Waals surface area contributed by atoms with Gasteiger partial charge in [0.25, 0.3) is 0 Å². The Balaban J connectivity index is 2.24. The smallest absolute Gasteiger partial charge is 0.126 e. The molecular weight excluding hydrogens is 298 g/mol. The molecule has 17 heavy (non-hydrogen) atoms. The minimum atomic E-state index is 0.167. The summed E-state index contributed by atoms with van der Waals surface area (Å²) in [4.78, 5) is 1.28. The predicted octanol–water partition coefficient (Wildman–Crippen LogP) is 4.50. The van der Waals surface area contributed by atoms with Crippen LogP contribution in [0.5, 0.6) is 0 Å². The first-order valence-corrected chi connectivity index (χ1v) is 7.36. The summed E-state index contributed by atoms with van der Waals surface area (Å²) < 4.78 is 6.89. The summed E-state index contributed by atoms with van der Waals surface area (Å²) in [5.41, 5.74) is 0. The molecular formula is C13H16BrNOS. The van der Waals surface area contributed by atoms with Crippen molar-refractivity contribution < 1.29 is 4.42 Å². The molecule has 0 spiro atoms. The Bertz CT molecular complexity index is 437. The summed E-state index contributed by atoms with van der Waals surface area (Å²) in [5.74, 6) is 1.95. The molecule has 0 amide bonds. The third kappa shape index (κ3) is 3.21. The fourth-order valence-corrected chi connectivity index (χ4v) is 3.23. The van der Waals surface area contributed by atoms with E-state index in [1.165, 1.54) is 4.88 Å². The van der Waals surface area contributed by atoms with Crippen LogP contribution in [0.3, 0.4) is 0 Å². The summed E-state index contributed by atoms with van der Waals surface area (Å²) in [6.07, 6.45) is 1.11. The van der Waals surface area contributed by atoms with Crippen LogP contribution in [0.2, 0.25) is 0 Å². The first-order valence-electron chi connectivity index (χ1n) is 5.75. The number of aryl methyl sites for hydroxylation is 1. The quantitative estimate of drug-likeness (QED) is 0.879. The van der Waals surface area contributed by atoms with Crippen molar-refractivity contribution in [1.29, 1.82) is 0 Å². The number of rotatable bonds is 5. The van der Waals surface area contributed by atoms with Crippen molar-refractivity contribution in [3.8, 4) is 0 Å². The van der Waals surface area contributed by atoms with E-state index in [9.17, 15) is 0 Å². The van der Waals surface area contributed by atoms with Crippen LogP contribution in [0.15, 0.2) is 32.5 Å². The van der Waals surface area contributed by atoms with E-state index in [0.717, 1.165) is 28.3 Å². The van der Waals surface area contributed by atoms with Gasteiger partial charge in [0.05, 0.1) is 3.79 Å². The van der Waals surface area contributed by atoms with Gasteiger partial charge in [0.15, 0.2) is 0 Å². The van der Waals surface area contributed by atoms with Crippen LogP contribution in [-0.4, -0.2) is 6.54 Å².